The van der Waals surface area contributed by atoms with Crippen LogP contribution in [0.15, 0.2) is 24.3 Å². The summed E-state index contributed by atoms with van der Waals surface area (Å²) in [6, 6.07) is 6.06. The Morgan fingerprint density at radius 1 is 1.50 bits per heavy atom. The molecule has 0 aliphatic heterocycles. The molecule has 0 radical (unpaired) electrons. The number of carbonyl (C=O) groups is 1. The number of anilines is 1. The second kappa shape index (κ2) is 6.24. The average Bonchev–Trinajstić information content (AvgIpc) is 2.27. The molecule has 6 heteroatoms. The number of carbonyl (C=O) groups excluding carboxylic acids is 1. The molecular formula is C10H14N2O3S. The highest BCUT2D eigenvalue weighted by Crippen LogP contribution is 2.15. The summed E-state index contributed by atoms with van der Waals surface area (Å²) < 4.78 is 5.28. The fraction of sp³-hybridized carbons (Fsp3) is 0.300. The molecule has 0 saturated carbocycles. The van der Waals surface area contributed by atoms with E-state index in [1.165, 1.54) is 0 Å². The lowest BCUT2D eigenvalue weighted by Crippen LogP contribution is -2.19. The number of ether oxygens (including phenoxy) is 1. The summed E-state index contributed by atoms with van der Waals surface area (Å²) >= 11 is 3.92. The van der Waals surface area contributed by atoms with Crippen LogP contribution in [0.1, 0.15) is 0 Å². The second-order valence-corrected chi connectivity index (χ2v) is 3.53. The van der Waals surface area contributed by atoms with Gasteiger partial charge < -0.3 is 20.9 Å². The van der Waals surface area contributed by atoms with Crippen LogP contribution in [0.25, 0.3) is 0 Å². The topological polar surface area (TPSA) is 84.6 Å². The van der Waals surface area contributed by atoms with Gasteiger partial charge in [-0.3, -0.25) is 0 Å². The number of hydrogen-bond donors (Lipinski definition) is 4. The average molecular weight is 242 g/mol. The number of primary amides is 1. The molecule has 0 aliphatic rings. The number of aliphatic hydroxyl groups is 1. The molecule has 0 heterocycles. The van der Waals surface area contributed by atoms with Crippen LogP contribution in [0.4, 0.5) is 10.5 Å². The van der Waals surface area contributed by atoms with Gasteiger partial charge in [0.2, 0.25) is 0 Å². The van der Waals surface area contributed by atoms with E-state index in [1.807, 2.05) is 0 Å². The van der Waals surface area contributed by atoms with Crippen LogP contribution in [0.5, 0.6) is 5.75 Å². The summed E-state index contributed by atoms with van der Waals surface area (Å²) in [6.45, 7) is 0.187. The molecule has 0 saturated heterocycles. The molecule has 16 heavy (non-hydrogen) atoms. The predicted molar refractivity (Wildman–Crippen MR) is 65.0 cm³/mol. The van der Waals surface area contributed by atoms with Crippen molar-refractivity contribution in [2.45, 2.75) is 6.10 Å². The van der Waals surface area contributed by atoms with Crippen LogP contribution in [0, 0.1) is 0 Å². The van der Waals surface area contributed by atoms with Crippen molar-refractivity contribution in [2.24, 2.45) is 5.73 Å². The minimum atomic E-state index is -0.612. The van der Waals surface area contributed by atoms with Crippen molar-refractivity contribution in [3.63, 3.8) is 0 Å². The van der Waals surface area contributed by atoms with E-state index in [2.05, 4.69) is 17.9 Å². The zero-order valence-electron chi connectivity index (χ0n) is 8.59. The van der Waals surface area contributed by atoms with E-state index in [0.717, 1.165) is 0 Å². The molecule has 1 atom stereocenters. The van der Waals surface area contributed by atoms with Gasteiger partial charge in [0.05, 0.1) is 6.10 Å². The van der Waals surface area contributed by atoms with Gasteiger partial charge in [-0.05, 0) is 24.3 Å². The quantitative estimate of drug-likeness (QED) is 0.577. The molecule has 0 aliphatic carbocycles. The molecule has 0 bridgehead atoms. The van der Waals surface area contributed by atoms with Gasteiger partial charge in [-0.15, -0.1) is 0 Å². The molecular weight excluding hydrogens is 228 g/mol. The maximum Gasteiger partial charge on any atom is 0.316 e. The van der Waals surface area contributed by atoms with E-state index >= 15 is 0 Å². The molecule has 5 nitrogen and oxygen atoms in total. The fourth-order valence-electron chi connectivity index (χ4n) is 1.02. The molecule has 4 N–H and O–H groups in total. The zero-order chi connectivity index (χ0) is 12.0. The van der Waals surface area contributed by atoms with Crippen molar-refractivity contribution >= 4 is 24.3 Å². The maximum atomic E-state index is 10.5. The molecule has 0 spiro atoms. The third-order valence-corrected chi connectivity index (χ3v) is 2.20. The third kappa shape index (κ3) is 4.41. The number of rotatable bonds is 5. The van der Waals surface area contributed by atoms with Crippen molar-refractivity contribution in [3.05, 3.63) is 24.3 Å². The summed E-state index contributed by atoms with van der Waals surface area (Å²) in [5.74, 6) is 0.956. The Hall–Kier alpha value is -1.40. The molecule has 0 unspecified atom stereocenters. The first-order valence-corrected chi connectivity index (χ1v) is 5.33. The van der Waals surface area contributed by atoms with Gasteiger partial charge in [0.1, 0.15) is 12.4 Å². The summed E-state index contributed by atoms with van der Waals surface area (Å²) in [7, 11) is 0. The first-order valence-electron chi connectivity index (χ1n) is 4.70. The SMILES string of the molecule is NC(=O)Nc1ccc(OC[C@@H](O)CS)cc1. The van der Waals surface area contributed by atoms with Crippen LogP contribution in [0.3, 0.4) is 0 Å². The lowest BCUT2D eigenvalue weighted by Gasteiger charge is -2.10. The van der Waals surface area contributed by atoms with Crippen molar-refractivity contribution in [2.75, 3.05) is 17.7 Å². The molecule has 1 rings (SSSR count). The van der Waals surface area contributed by atoms with Gasteiger partial charge in [0.25, 0.3) is 0 Å². The zero-order valence-corrected chi connectivity index (χ0v) is 9.48. The normalized spacial score (nSPS) is 11.9. The summed E-state index contributed by atoms with van der Waals surface area (Å²) in [5.41, 5.74) is 5.55. The number of aliphatic hydroxyl groups excluding tert-OH is 1. The van der Waals surface area contributed by atoms with Crippen LogP contribution in [0.2, 0.25) is 0 Å². The Balaban J connectivity index is 2.48. The monoisotopic (exact) mass is 242 g/mol. The fourth-order valence-corrected chi connectivity index (χ4v) is 1.13. The van der Waals surface area contributed by atoms with E-state index in [1.54, 1.807) is 24.3 Å². The number of amides is 2. The first kappa shape index (κ1) is 12.7. The Morgan fingerprint density at radius 2 is 2.12 bits per heavy atom. The van der Waals surface area contributed by atoms with Gasteiger partial charge >= 0.3 is 6.03 Å². The highest BCUT2D eigenvalue weighted by Gasteiger charge is 2.02. The standard InChI is InChI=1S/C10H14N2O3S/c11-10(14)12-7-1-3-9(4-2-7)15-5-8(13)6-16/h1-4,8,13,16H,5-6H2,(H3,11,12,14)/t8-/m1/s1. The number of thiol groups is 1. The molecule has 1 aromatic carbocycles. The summed E-state index contributed by atoms with van der Waals surface area (Å²) in [4.78, 5) is 10.5. The van der Waals surface area contributed by atoms with Crippen molar-refractivity contribution in [1.82, 2.24) is 0 Å². The van der Waals surface area contributed by atoms with Crippen molar-refractivity contribution in [3.8, 4) is 5.75 Å². The minimum Gasteiger partial charge on any atom is -0.491 e. The molecule has 1 aromatic rings. The van der Waals surface area contributed by atoms with Gasteiger partial charge in [-0.25, -0.2) is 4.79 Å². The first-order chi connectivity index (χ1) is 7.61. The second-order valence-electron chi connectivity index (χ2n) is 3.16. The molecule has 0 fully saturated rings. The third-order valence-electron chi connectivity index (χ3n) is 1.77. The van der Waals surface area contributed by atoms with Crippen molar-refractivity contribution < 1.29 is 14.6 Å². The lowest BCUT2D eigenvalue weighted by atomic mass is 10.3. The molecule has 88 valence electrons. The number of nitrogens with two attached hydrogens (primary N) is 1. The van der Waals surface area contributed by atoms with E-state index < -0.39 is 12.1 Å². The largest absolute Gasteiger partial charge is 0.491 e. The Morgan fingerprint density at radius 3 is 2.62 bits per heavy atom. The van der Waals surface area contributed by atoms with Gasteiger partial charge in [0, 0.05) is 11.4 Å². The number of urea groups is 1. The number of benzene rings is 1. The van der Waals surface area contributed by atoms with E-state index in [0.29, 0.717) is 17.2 Å². The Kier molecular flexibility index (Phi) is 4.94. The van der Waals surface area contributed by atoms with Crippen LogP contribution >= 0.6 is 12.6 Å². The smallest absolute Gasteiger partial charge is 0.316 e. The van der Waals surface area contributed by atoms with E-state index in [9.17, 15) is 9.90 Å². The minimum absolute atomic E-state index is 0.187. The summed E-state index contributed by atoms with van der Waals surface area (Å²) in [6.07, 6.45) is -0.591. The van der Waals surface area contributed by atoms with Crippen LogP contribution in [-0.2, 0) is 0 Å². The maximum absolute atomic E-state index is 10.5. The van der Waals surface area contributed by atoms with Gasteiger partial charge in [-0.2, -0.15) is 12.6 Å². The Bertz CT molecular complexity index is 342. The highest BCUT2D eigenvalue weighted by molar-refractivity contribution is 7.80. The van der Waals surface area contributed by atoms with E-state index in [4.69, 9.17) is 10.5 Å². The highest BCUT2D eigenvalue weighted by atomic mass is 32.1. The van der Waals surface area contributed by atoms with Gasteiger partial charge in [-0.1, -0.05) is 0 Å². The van der Waals surface area contributed by atoms with Crippen LogP contribution < -0.4 is 15.8 Å². The lowest BCUT2D eigenvalue weighted by molar-refractivity contribution is 0.126. The number of nitrogens with one attached hydrogen (secondary N) is 1. The molecule has 0 aromatic heterocycles. The van der Waals surface area contributed by atoms with Crippen molar-refractivity contribution in [1.29, 1.82) is 0 Å². The predicted octanol–water partition coefficient (Wildman–Crippen LogP) is 0.847. The molecule has 2 amide bonds. The Labute approximate surface area is 99.0 Å². The number of hydrogen-bond acceptors (Lipinski definition) is 4. The van der Waals surface area contributed by atoms with E-state index in [-0.39, 0.29) is 6.61 Å². The summed E-state index contributed by atoms with van der Waals surface area (Å²) in [5, 5.41) is 11.6. The van der Waals surface area contributed by atoms with Gasteiger partial charge in [0.15, 0.2) is 0 Å². The van der Waals surface area contributed by atoms with Crippen LogP contribution in [-0.4, -0.2) is 29.6 Å².